The number of aromatic nitrogens is 2. The van der Waals surface area contributed by atoms with Crippen LogP contribution in [0.1, 0.15) is 65.5 Å². The van der Waals surface area contributed by atoms with Gasteiger partial charge in [-0.05, 0) is 51.9 Å². The first-order valence-corrected chi connectivity index (χ1v) is 16.5. The molecule has 18 heteroatoms. The second-order valence-electron chi connectivity index (χ2n) is 13.0. The molecule has 0 aliphatic carbocycles. The molecule has 0 aromatic carbocycles. The van der Waals surface area contributed by atoms with Crippen LogP contribution >= 0.6 is 0 Å². The fourth-order valence-electron chi connectivity index (χ4n) is 5.97. The van der Waals surface area contributed by atoms with E-state index in [4.69, 9.17) is 5.73 Å². The summed E-state index contributed by atoms with van der Waals surface area (Å²) in [7, 11) is 0. The zero-order valence-electron chi connectivity index (χ0n) is 28.3. The van der Waals surface area contributed by atoms with Crippen molar-refractivity contribution >= 4 is 41.4 Å². The van der Waals surface area contributed by atoms with E-state index in [0.717, 1.165) is 0 Å². The van der Waals surface area contributed by atoms with E-state index in [1.807, 2.05) is 0 Å². The monoisotopic (exact) mass is 691 g/mol. The third-order valence-corrected chi connectivity index (χ3v) is 8.55. The van der Waals surface area contributed by atoms with Crippen LogP contribution in [0.15, 0.2) is 12.5 Å². The average Bonchev–Trinajstić information content (AvgIpc) is 3.84. The fourth-order valence-corrected chi connectivity index (χ4v) is 5.97. The Balaban J connectivity index is 1.71. The fraction of sp³-hybridized carbons (Fsp3) is 0.677. The third kappa shape index (κ3) is 10.5. The number of H-pyrrole nitrogens is 1. The van der Waals surface area contributed by atoms with Crippen LogP contribution in [-0.4, -0.2) is 133 Å². The van der Waals surface area contributed by atoms with E-state index in [0.29, 0.717) is 44.5 Å². The number of nitrogens with two attached hydrogens (primary N) is 1. The average molecular weight is 692 g/mol. The Bertz CT molecular complexity index is 1350. The van der Waals surface area contributed by atoms with Gasteiger partial charge in [-0.3, -0.25) is 28.8 Å². The van der Waals surface area contributed by atoms with Gasteiger partial charge < -0.3 is 52.0 Å². The van der Waals surface area contributed by atoms with E-state index in [-0.39, 0.29) is 30.6 Å². The molecule has 272 valence electrons. The standard InChI is InChI=1S/C31H49N9O9/c1-16(2)11-20(27(44)38-22(14-41)31(48)49)36-25(42)18(4)35-26(43)21(12-19-13-33-15-34-19)37-28(45)23-7-5-9-39(23)30(47)24-8-6-10-40(24)29(46)17(3)32/h13,15-18,20-24,41H,5-12,14,32H2,1-4H3,(H,33,34)(H,35,43)(H,36,42)(H,37,45)(H,38,44)(H,48,49). The lowest BCUT2D eigenvalue weighted by atomic mass is 10.0. The Morgan fingerprint density at radius 1 is 0.878 bits per heavy atom. The number of nitrogens with zero attached hydrogens (tertiary/aromatic N) is 3. The molecule has 0 radical (unpaired) electrons. The van der Waals surface area contributed by atoms with Crippen molar-refractivity contribution in [1.29, 1.82) is 0 Å². The van der Waals surface area contributed by atoms with Gasteiger partial charge in [0.2, 0.25) is 35.4 Å². The molecule has 1 aromatic rings. The van der Waals surface area contributed by atoms with Crippen molar-refractivity contribution in [3.8, 4) is 0 Å². The second kappa shape index (κ2) is 17.7. The van der Waals surface area contributed by atoms with Gasteiger partial charge in [0.05, 0.1) is 19.0 Å². The molecule has 3 heterocycles. The van der Waals surface area contributed by atoms with Crippen molar-refractivity contribution in [1.82, 2.24) is 41.0 Å². The van der Waals surface area contributed by atoms with Crippen molar-refractivity contribution < 1.29 is 43.8 Å². The van der Waals surface area contributed by atoms with E-state index >= 15 is 0 Å². The number of amides is 6. The number of carbonyl (C=O) groups excluding carboxylic acids is 6. The molecular formula is C31H49N9O9. The predicted octanol–water partition coefficient (Wildman–Crippen LogP) is -2.64. The maximum atomic E-state index is 13.7. The first kappa shape index (κ1) is 38.9. The van der Waals surface area contributed by atoms with E-state index in [9.17, 15) is 43.8 Å². The summed E-state index contributed by atoms with van der Waals surface area (Å²) in [6, 6.07) is -7.50. The third-order valence-electron chi connectivity index (χ3n) is 8.55. The number of aliphatic hydroxyl groups excluding tert-OH is 1. The second-order valence-corrected chi connectivity index (χ2v) is 13.0. The smallest absolute Gasteiger partial charge is 0.328 e. The Morgan fingerprint density at radius 2 is 1.49 bits per heavy atom. The van der Waals surface area contributed by atoms with Crippen molar-refractivity contribution in [3.05, 3.63) is 18.2 Å². The summed E-state index contributed by atoms with van der Waals surface area (Å²) in [6.45, 7) is 6.38. The number of carboxylic acid groups (broad SMARTS) is 1. The number of hydrogen-bond acceptors (Lipinski definition) is 10. The van der Waals surface area contributed by atoms with E-state index < -0.39 is 78.5 Å². The minimum Gasteiger partial charge on any atom is -0.480 e. The highest BCUT2D eigenvalue weighted by Crippen LogP contribution is 2.25. The largest absolute Gasteiger partial charge is 0.480 e. The summed E-state index contributed by atoms with van der Waals surface area (Å²) in [5.74, 6) is -5.07. The van der Waals surface area contributed by atoms with Crippen molar-refractivity contribution in [2.24, 2.45) is 11.7 Å². The summed E-state index contributed by atoms with van der Waals surface area (Å²) in [4.78, 5) is 100. The number of imidazole rings is 1. The SMILES string of the molecule is CC(C)CC(NC(=O)C(C)NC(=O)C(Cc1cnc[nH]1)NC(=O)C1CCCN1C(=O)C1CCCN1C(=O)C(C)N)C(=O)NC(CO)C(=O)O. The van der Waals surface area contributed by atoms with Crippen LogP contribution in [0, 0.1) is 5.92 Å². The summed E-state index contributed by atoms with van der Waals surface area (Å²) >= 11 is 0. The van der Waals surface area contributed by atoms with Gasteiger partial charge in [-0.1, -0.05) is 13.8 Å². The molecule has 9 N–H and O–H groups in total. The summed E-state index contributed by atoms with van der Waals surface area (Å²) in [6.07, 6.45) is 4.97. The Hall–Kier alpha value is -4.58. The number of carboxylic acids is 1. The molecule has 0 saturated carbocycles. The lowest BCUT2D eigenvalue weighted by Crippen LogP contribution is -2.59. The quantitative estimate of drug-likeness (QED) is 0.0888. The number of likely N-dealkylation sites (tertiary alicyclic amines) is 2. The zero-order chi connectivity index (χ0) is 36.4. The summed E-state index contributed by atoms with van der Waals surface area (Å²) in [5, 5.41) is 28.5. The van der Waals surface area contributed by atoms with Crippen LogP contribution in [0.25, 0.3) is 0 Å². The number of rotatable bonds is 16. The number of nitrogens with one attached hydrogen (secondary N) is 5. The highest BCUT2D eigenvalue weighted by atomic mass is 16.4. The molecule has 7 atom stereocenters. The number of aliphatic hydroxyl groups is 1. The van der Waals surface area contributed by atoms with Gasteiger partial charge in [-0.2, -0.15) is 0 Å². The van der Waals surface area contributed by atoms with Crippen LogP contribution in [0.5, 0.6) is 0 Å². The maximum absolute atomic E-state index is 13.7. The van der Waals surface area contributed by atoms with Crippen LogP contribution in [0.3, 0.4) is 0 Å². The highest BCUT2D eigenvalue weighted by molar-refractivity contribution is 5.97. The molecule has 3 rings (SSSR count). The van der Waals surface area contributed by atoms with Crippen LogP contribution in [0.2, 0.25) is 0 Å². The molecule has 49 heavy (non-hydrogen) atoms. The van der Waals surface area contributed by atoms with E-state index in [1.165, 1.54) is 29.2 Å². The Kier molecular flexibility index (Phi) is 14.0. The molecule has 0 bridgehead atoms. The lowest BCUT2D eigenvalue weighted by Gasteiger charge is -2.32. The van der Waals surface area contributed by atoms with Gasteiger partial charge in [0.15, 0.2) is 0 Å². The Labute approximate surface area is 284 Å². The van der Waals surface area contributed by atoms with Gasteiger partial charge in [-0.25, -0.2) is 9.78 Å². The van der Waals surface area contributed by atoms with Gasteiger partial charge in [0.1, 0.15) is 36.3 Å². The molecular weight excluding hydrogens is 642 g/mol. The van der Waals surface area contributed by atoms with Gasteiger partial charge in [0.25, 0.3) is 0 Å². The molecule has 2 aliphatic rings. The minimum absolute atomic E-state index is 0.0258. The summed E-state index contributed by atoms with van der Waals surface area (Å²) in [5.41, 5.74) is 6.30. The number of carbonyl (C=O) groups is 7. The lowest BCUT2D eigenvalue weighted by molar-refractivity contribution is -0.147. The number of hydrogen-bond donors (Lipinski definition) is 8. The number of aromatic amines is 1. The highest BCUT2D eigenvalue weighted by Gasteiger charge is 2.43. The predicted molar refractivity (Wildman–Crippen MR) is 173 cm³/mol. The molecule has 2 aliphatic heterocycles. The molecule has 1 aromatic heterocycles. The van der Waals surface area contributed by atoms with Crippen molar-refractivity contribution in [2.75, 3.05) is 19.7 Å². The number of aliphatic carboxylic acids is 1. The van der Waals surface area contributed by atoms with E-state index in [1.54, 1.807) is 20.8 Å². The van der Waals surface area contributed by atoms with Crippen molar-refractivity contribution in [3.63, 3.8) is 0 Å². The van der Waals surface area contributed by atoms with Gasteiger partial charge in [-0.15, -0.1) is 0 Å². The van der Waals surface area contributed by atoms with Crippen LogP contribution in [0.4, 0.5) is 0 Å². The first-order valence-electron chi connectivity index (χ1n) is 16.5. The maximum Gasteiger partial charge on any atom is 0.328 e. The Morgan fingerprint density at radius 3 is 2.06 bits per heavy atom. The molecule has 2 fully saturated rings. The normalized spacial score (nSPS) is 20.6. The van der Waals surface area contributed by atoms with Crippen molar-refractivity contribution in [2.45, 2.75) is 109 Å². The topological polar surface area (TPSA) is 269 Å². The molecule has 18 nitrogen and oxygen atoms in total. The minimum atomic E-state index is -1.57. The van der Waals surface area contributed by atoms with Gasteiger partial charge in [0, 0.05) is 31.4 Å². The zero-order valence-corrected chi connectivity index (χ0v) is 28.3. The molecule has 2 saturated heterocycles. The summed E-state index contributed by atoms with van der Waals surface area (Å²) < 4.78 is 0. The van der Waals surface area contributed by atoms with Crippen LogP contribution < -0.4 is 27.0 Å². The molecule has 6 amide bonds. The molecule has 0 spiro atoms. The first-order chi connectivity index (χ1) is 23.1. The van der Waals surface area contributed by atoms with Crippen LogP contribution in [-0.2, 0) is 40.0 Å². The molecule has 7 unspecified atom stereocenters. The van der Waals surface area contributed by atoms with E-state index in [2.05, 4.69) is 31.2 Å². The van der Waals surface area contributed by atoms with Gasteiger partial charge >= 0.3 is 5.97 Å².